The molecule has 0 atom stereocenters. The van der Waals surface area contributed by atoms with Gasteiger partial charge in [0.2, 0.25) is 5.89 Å². The van der Waals surface area contributed by atoms with E-state index in [1.165, 1.54) is 65.4 Å². The van der Waals surface area contributed by atoms with Gasteiger partial charge in [-0.15, -0.1) is 10.2 Å². The molecule has 0 saturated heterocycles. The van der Waals surface area contributed by atoms with Crippen LogP contribution in [-0.4, -0.2) is 30.9 Å². The van der Waals surface area contributed by atoms with Crippen molar-refractivity contribution in [1.29, 1.82) is 0 Å². The second-order valence-corrected chi connectivity index (χ2v) is 7.28. The van der Waals surface area contributed by atoms with Crippen LogP contribution >= 0.6 is 11.6 Å². The second-order valence-electron chi connectivity index (χ2n) is 6.92. The number of hydrogen-bond acceptors (Lipinski definition) is 8. The fourth-order valence-electron chi connectivity index (χ4n) is 2.94. The lowest BCUT2D eigenvalue weighted by atomic mass is 10.2. The molecule has 0 aliphatic rings. The minimum absolute atomic E-state index is 0.0495. The van der Waals surface area contributed by atoms with Gasteiger partial charge in [0.05, 0.1) is 16.3 Å². The van der Waals surface area contributed by atoms with Crippen LogP contribution < -0.4 is 0 Å². The fraction of sp³-hybridized carbons (Fsp3) is 0.0909. The molecule has 0 unspecified atom stereocenters. The molecule has 4 aromatic rings. The third-order valence-electron chi connectivity index (χ3n) is 4.64. The molecular formula is C22H15ClFN5O5. The molecule has 0 N–H and O–H groups in total. The Balaban J connectivity index is 1.39. The van der Waals surface area contributed by atoms with Gasteiger partial charge in [0.15, 0.2) is 6.61 Å². The number of ether oxygens (including phenoxy) is 1. The number of halogens is 2. The van der Waals surface area contributed by atoms with Crippen LogP contribution in [0, 0.1) is 22.9 Å². The van der Waals surface area contributed by atoms with Crippen molar-refractivity contribution in [1.82, 2.24) is 20.0 Å². The van der Waals surface area contributed by atoms with E-state index in [1.807, 2.05) is 0 Å². The lowest BCUT2D eigenvalue weighted by Gasteiger charge is -2.02. The number of non-ortho nitro benzene ring substituents is 1. The first-order valence-corrected chi connectivity index (χ1v) is 10.1. The van der Waals surface area contributed by atoms with E-state index >= 15 is 0 Å². The predicted octanol–water partition coefficient (Wildman–Crippen LogP) is 4.69. The number of nitro benzene ring substituents is 1. The van der Waals surface area contributed by atoms with Crippen molar-refractivity contribution in [3.8, 4) is 17.1 Å². The number of nitrogens with zero attached hydrogens (tertiary/aromatic N) is 5. The number of aromatic nitrogens is 4. The summed E-state index contributed by atoms with van der Waals surface area (Å²) < 4.78 is 25.1. The number of benzene rings is 2. The Bertz CT molecular complexity index is 1380. The molecule has 0 aliphatic heterocycles. The number of rotatable bonds is 7. The van der Waals surface area contributed by atoms with Gasteiger partial charge in [-0.3, -0.25) is 10.1 Å². The highest BCUT2D eigenvalue weighted by Crippen LogP contribution is 2.25. The SMILES string of the molecule is Cc1nn(-c2ccc(F)cc2)c(Cl)c1/C=C/C(=O)OCc1nnc(-c2ccc([N+](=O)[O-])cc2)o1. The zero-order chi connectivity index (χ0) is 24.2. The van der Waals surface area contributed by atoms with E-state index in [2.05, 4.69) is 15.3 Å². The van der Waals surface area contributed by atoms with Crippen LogP contribution in [0.2, 0.25) is 5.15 Å². The molecule has 172 valence electrons. The largest absolute Gasteiger partial charge is 0.452 e. The maximum atomic E-state index is 13.2. The first-order valence-electron chi connectivity index (χ1n) is 9.75. The molecule has 4 rings (SSSR count). The Kier molecular flexibility index (Phi) is 6.46. The summed E-state index contributed by atoms with van der Waals surface area (Å²) in [6.45, 7) is 1.44. The van der Waals surface area contributed by atoms with Gasteiger partial charge in [-0.2, -0.15) is 5.10 Å². The Morgan fingerprint density at radius 2 is 1.91 bits per heavy atom. The van der Waals surface area contributed by atoms with Crippen LogP contribution in [0.25, 0.3) is 23.2 Å². The highest BCUT2D eigenvalue weighted by atomic mass is 35.5. The molecule has 0 saturated carbocycles. The Morgan fingerprint density at radius 1 is 1.21 bits per heavy atom. The van der Waals surface area contributed by atoms with Crippen LogP contribution in [0.5, 0.6) is 0 Å². The maximum Gasteiger partial charge on any atom is 0.331 e. The van der Waals surface area contributed by atoms with Crippen LogP contribution in [-0.2, 0) is 16.1 Å². The quantitative estimate of drug-likeness (QED) is 0.160. The van der Waals surface area contributed by atoms with Crippen LogP contribution in [0.1, 0.15) is 17.1 Å². The lowest BCUT2D eigenvalue weighted by molar-refractivity contribution is -0.384. The highest BCUT2D eigenvalue weighted by molar-refractivity contribution is 6.31. The van der Waals surface area contributed by atoms with Crippen LogP contribution in [0.4, 0.5) is 10.1 Å². The lowest BCUT2D eigenvalue weighted by Crippen LogP contribution is -2.01. The average molecular weight is 484 g/mol. The fourth-order valence-corrected chi connectivity index (χ4v) is 3.28. The molecule has 0 fully saturated rings. The molecule has 10 nitrogen and oxygen atoms in total. The van der Waals surface area contributed by atoms with E-state index < -0.39 is 10.9 Å². The van der Waals surface area contributed by atoms with Crippen molar-refractivity contribution in [2.24, 2.45) is 0 Å². The summed E-state index contributed by atoms with van der Waals surface area (Å²) in [6, 6.07) is 11.2. The van der Waals surface area contributed by atoms with Gasteiger partial charge in [-0.25, -0.2) is 13.9 Å². The zero-order valence-electron chi connectivity index (χ0n) is 17.5. The average Bonchev–Trinajstić information content (AvgIpc) is 3.41. The molecule has 12 heteroatoms. The molecular weight excluding hydrogens is 469 g/mol. The molecule has 2 aromatic carbocycles. The molecule has 0 spiro atoms. The monoisotopic (exact) mass is 483 g/mol. The maximum absolute atomic E-state index is 13.2. The van der Waals surface area contributed by atoms with Gasteiger partial charge in [0.1, 0.15) is 11.0 Å². The van der Waals surface area contributed by atoms with E-state index in [9.17, 15) is 19.3 Å². The zero-order valence-corrected chi connectivity index (χ0v) is 18.3. The summed E-state index contributed by atoms with van der Waals surface area (Å²) in [5.74, 6) is -0.881. The summed E-state index contributed by atoms with van der Waals surface area (Å²) in [5.41, 5.74) is 2.04. The third-order valence-corrected chi connectivity index (χ3v) is 5.00. The van der Waals surface area contributed by atoms with E-state index in [0.29, 0.717) is 22.5 Å². The molecule has 0 bridgehead atoms. The number of hydrogen-bond donors (Lipinski definition) is 0. The van der Waals surface area contributed by atoms with Crippen LogP contribution in [0.3, 0.4) is 0 Å². The van der Waals surface area contributed by atoms with Gasteiger partial charge in [0, 0.05) is 29.3 Å². The highest BCUT2D eigenvalue weighted by Gasteiger charge is 2.15. The van der Waals surface area contributed by atoms with E-state index in [1.54, 1.807) is 6.92 Å². The van der Waals surface area contributed by atoms with Gasteiger partial charge in [-0.1, -0.05) is 11.6 Å². The van der Waals surface area contributed by atoms with E-state index in [-0.39, 0.29) is 35.0 Å². The topological polar surface area (TPSA) is 126 Å². The van der Waals surface area contributed by atoms with Crippen LogP contribution in [0.15, 0.2) is 59.0 Å². The normalized spacial score (nSPS) is 11.1. The molecule has 2 heterocycles. The van der Waals surface area contributed by atoms with Crippen molar-refractivity contribution in [3.63, 3.8) is 0 Å². The Hall–Kier alpha value is -4.38. The standard InChI is InChI=1S/C22H15ClFN5O5/c1-13-18(21(23)28(27-13)16-8-4-15(24)5-9-16)10-11-20(30)33-12-19-25-26-22(34-19)14-2-6-17(7-3-14)29(31)32/h2-11H,12H2,1H3/b11-10+. The van der Waals surface area contributed by atoms with Gasteiger partial charge >= 0.3 is 5.97 Å². The number of esters is 1. The van der Waals surface area contributed by atoms with E-state index in [4.69, 9.17) is 20.8 Å². The van der Waals surface area contributed by atoms with Crippen molar-refractivity contribution in [3.05, 3.63) is 92.8 Å². The van der Waals surface area contributed by atoms with Gasteiger partial charge < -0.3 is 9.15 Å². The second kappa shape index (κ2) is 9.63. The minimum atomic E-state index is -0.680. The number of carbonyl (C=O) groups excluding carboxylic acids is 1. The van der Waals surface area contributed by atoms with Crippen molar-refractivity contribution >= 4 is 29.3 Å². The molecule has 34 heavy (non-hydrogen) atoms. The summed E-state index contributed by atoms with van der Waals surface area (Å²) in [6.07, 6.45) is 2.64. The van der Waals surface area contributed by atoms with E-state index in [0.717, 1.165) is 0 Å². The van der Waals surface area contributed by atoms with Gasteiger partial charge in [-0.05, 0) is 49.4 Å². The number of nitro groups is 1. The first-order chi connectivity index (χ1) is 16.3. The third kappa shape index (κ3) is 4.99. The predicted molar refractivity (Wildman–Crippen MR) is 118 cm³/mol. The molecule has 0 amide bonds. The Morgan fingerprint density at radius 3 is 2.59 bits per heavy atom. The molecule has 2 aromatic heterocycles. The minimum Gasteiger partial charge on any atom is -0.452 e. The molecule has 0 aliphatic carbocycles. The summed E-state index contributed by atoms with van der Waals surface area (Å²) in [4.78, 5) is 22.4. The number of aryl methyl sites for hydroxylation is 1. The Labute approximate surface area is 196 Å². The van der Waals surface area contributed by atoms with Gasteiger partial charge in [0.25, 0.3) is 11.6 Å². The summed E-state index contributed by atoms with van der Waals surface area (Å²) in [5, 5.41) is 22.9. The first kappa shape index (κ1) is 22.8. The van der Waals surface area contributed by atoms with Crippen molar-refractivity contribution in [2.45, 2.75) is 13.5 Å². The van der Waals surface area contributed by atoms with Crippen molar-refractivity contribution < 1.29 is 23.3 Å². The van der Waals surface area contributed by atoms with Crippen molar-refractivity contribution in [2.75, 3.05) is 0 Å². The smallest absolute Gasteiger partial charge is 0.331 e. The molecule has 0 radical (unpaired) electrons. The summed E-state index contributed by atoms with van der Waals surface area (Å²) in [7, 11) is 0. The summed E-state index contributed by atoms with van der Waals surface area (Å²) >= 11 is 6.38. The number of carbonyl (C=O) groups is 1.